The number of para-hydroxylation sites is 1. The van der Waals surface area contributed by atoms with Gasteiger partial charge in [-0.1, -0.05) is 35.1 Å². The molecule has 2 aromatic carbocycles. The van der Waals surface area contributed by atoms with E-state index in [0.29, 0.717) is 27.8 Å². The largest absolute Gasteiger partial charge is 0.309 e. The second kappa shape index (κ2) is 8.12. The van der Waals surface area contributed by atoms with E-state index in [1.807, 2.05) is 14.1 Å². The van der Waals surface area contributed by atoms with Gasteiger partial charge in [0.1, 0.15) is 11.3 Å². The van der Waals surface area contributed by atoms with Crippen LogP contribution in [0.2, 0.25) is 5.02 Å². The van der Waals surface area contributed by atoms with Crippen LogP contribution in [0.25, 0.3) is 10.2 Å². The van der Waals surface area contributed by atoms with E-state index < -0.39 is 0 Å². The minimum absolute atomic E-state index is 0.189. The third-order valence-corrected chi connectivity index (χ3v) is 5.17. The quantitative estimate of drug-likeness (QED) is 0.611. The number of rotatable bonds is 6. The van der Waals surface area contributed by atoms with Gasteiger partial charge in [0.05, 0.1) is 4.70 Å². The highest BCUT2D eigenvalue weighted by Gasteiger charge is 2.22. The van der Waals surface area contributed by atoms with Gasteiger partial charge in [0.25, 0.3) is 5.91 Å². The second-order valence-electron chi connectivity index (χ2n) is 6.21. The van der Waals surface area contributed by atoms with Gasteiger partial charge in [-0.05, 0) is 57.4 Å². The number of aromatic nitrogens is 1. The molecule has 0 N–H and O–H groups in total. The number of carbonyl (C=O) groups is 1. The van der Waals surface area contributed by atoms with Gasteiger partial charge in [-0.2, -0.15) is 0 Å². The number of nitrogens with zero attached hydrogens (tertiary/aromatic N) is 3. The third kappa shape index (κ3) is 4.20. The molecule has 3 rings (SSSR count). The zero-order valence-electron chi connectivity index (χ0n) is 14.6. The molecule has 1 heterocycles. The minimum Gasteiger partial charge on any atom is -0.309 e. The molecule has 0 saturated carbocycles. The highest BCUT2D eigenvalue weighted by molar-refractivity contribution is 7.22. The fourth-order valence-corrected chi connectivity index (χ4v) is 3.82. The van der Waals surface area contributed by atoms with Crippen LogP contribution in [0.1, 0.15) is 16.8 Å². The van der Waals surface area contributed by atoms with Crippen LogP contribution in [0.5, 0.6) is 0 Å². The van der Waals surface area contributed by atoms with Gasteiger partial charge < -0.3 is 4.90 Å². The maximum Gasteiger partial charge on any atom is 0.260 e. The number of amides is 1. The summed E-state index contributed by atoms with van der Waals surface area (Å²) in [4.78, 5) is 21.1. The standard InChI is InChI=1S/C19H19ClFN3OS/c1-23(2)10-5-11-24(18(25)13-6-3-7-14(20)12-13)19-22-17-15(21)8-4-9-16(17)26-19/h3-4,6-9,12H,5,10-11H2,1-2H3. The summed E-state index contributed by atoms with van der Waals surface area (Å²) in [6.07, 6.45) is 0.776. The molecule has 7 heteroatoms. The molecule has 136 valence electrons. The maximum atomic E-state index is 14.0. The molecule has 3 aromatic rings. The number of anilines is 1. The molecule has 0 aliphatic carbocycles. The van der Waals surface area contributed by atoms with Gasteiger partial charge in [-0.25, -0.2) is 9.37 Å². The summed E-state index contributed by atoms with van der Waals surface area (Å²) in [5.41, 5.74) is 0.783. The first kappa shape index (κ1) is 18.8. The zero-order chi connectivity index (χ0) is 18.7. The Hall–Kier alpha value is -2.02. The topological polar surface area (TPSA) is 36.4 Å². The van der Waals surface area contributed by atoms with Crippen molar-refractivity contribution in [2.45, 2.75) is 6.42 Å². The molecule has 0 spiro atoms. The van der Waals surface area contributed by atoms with Crippen molar-refractivity contribution in [1.29, 1.82) is 0 Å². The minimum atomic E-state index is -0.381. The number of hydrogen-bond donors (Lipinski definition) is 0. The molecule has 1 aromatic heterocycles. The van der Waals surface area contributed by atoms with Crippen LogP contribution in [-0.2, 0) is 0 Å². The summed E-state index contributed by atoms with van der Waals surface area (Å²) >= 11 is 7.34. The lowest BCUT2D eigenvalue weighted by atomic mass is 10.2. The first-order valence-electron chi connectivity index (χ1n) is 8.23. The number of hydrogen-bond acceptors (Lipinski definition) is 4. The number of fused-ring (bicyclic) bond motifs is 1. The lowest BCUT2D eigenvalue weighted by Crippen LogP contribution is -2.33. The van der Waals surface area contributed by atoms with E-state index in [1.54, 1.807) is 41.3 Å². The molecule has 0 aliphatic heterocycles. The Balaban J connectivity index is 1.96. The summed E-state index contributed by atoms with van der Waals surface area (Å²) in [7, 11) is 3.96. The second-order valence-corrected chi connectivity index (χ2v) is 7.65. The van der Waals surface area contributed by atoms with E-state index in [2.05, 4.69) is 9.88 Å². The molecule has 0 bridgehead atoms. The molecule has 0 fully saturated rings. The van der Waals surface area contributed by atoms with Crippen LogP contribution in [-0.4, -0.2) is 43.0 Å². The Kier molecular flexibility index (Phi) is 5.86. The monoisotopic (exact) mass is 391 g/mol. The fourth-order valence-electron chi connectivity index (χ4n) is 2.63. The highest BCUT2D eigenvalue weighted by atomic mass is 35.5. The molecule has 26 heavy (non-hydrogen) atoms. The van der Waals surface area contributed by atoms with E-state index in [4.69, 9.17) is 11.6 Å². The van der Waals surface area contributed by atoms with E-state index in [1.165, 1.54) is 17.4 Å². The van der Waals surface area contributed by atoms with Crippen LogP contribution in [0.3, 0.4) is 0 Å². The molecule has 1 amide bonds. The van der Waals surface area contributed by atoms with Crippen molar-refractivity contribution < 1.29 is 9.18 Å². The van der Waals surface area contributed by atoms with Crippen molar-refractivity contribution in [3.63, 3.8) is 0 Å². The summed E-state index contributed by atoms with van der Waals surface area (Å²) in [5.74, 6) is -0.570. The number of halogens is 2. The lowest BCUT2D eigenvalue weighted by molar-refractivity contribution is 0.0986. The number of benzene rings is 2. The average molecular weight is 392 g/mol. The van der Waals surface area contributed by atoms with Gasteiger partial charge in [0.2, 0.25) is 0 Å². The Morgan fingerprint density at radius 3 is 2.65 bits per heavy atom. The van der Waals surface area contributed by atoms with Crippen LogP contribution >= 0.6 is 22.9 Å². The van der Waals surface area contributed by atoms with Crippen molar-refractivity contribution in [1.82, 2.24) is 9.88 Å². The van der Waals surface area contributed by atoms with Crippen LogP contribution in [0, 0.1) is 5.82 Å². The normalized spacial score (nSPS) is 11.3. The molecule has 4 nitrogen and oxygen atoms in total. The predicted molar refractivity (Wildman–Crippen MR) is 106 cm³/mol. The van der Waals surface area contributed by atoms with Crippen molar-refractivity contribution in [3.8, 4) is 0 Å². The molecule has 0 radical (unpaired) electrons. The summed E-state index contributed by atoms with van der Waals surface area (Å²) in [5, 5.41) is 0.994. The van der Waals surface area contributed by atoms with Crippen molar-refractivity contribution in [2.24, 2.45) is 0 Å². The van der Waals surface area contributed by atoms with Crippen molar-refractivity contribution in [3.05, 3.63) is 58.9 Å². The molecule has 0 aliphatic rings. The first-order chi connectivity index (χ1) is 12.5. The van der Waals surface area contributed by atoms with Gasteiger partial charge in [-0.15, -0.1) is 0 Å². The fraction of sp³-hybridized carbons (Fsp3) is 0.263. The third-order valence-electron chi connectivity index (χ3n) is 3.89. The van der Waals surface area contributed by atoms with Gasteiger partial charge in [-0.3, -0.25) is 9.69 Å². The van der Waals surface area contributed by atoms with Crippen LogP contribution < -0.4 is 4.90 Å². The number of carbonyl (C=O) groups excluding carboxylic acids is 1. The molecule has 0 atom stereocenters. The Morgan fingerprint density at radius 1 is 1.19 bits per heavy atom. The Morgan fingerprint density at radius 2 is 1.96 bits per heavy atom. The molecular formula is C19H19ClFN3OS. The predicted octanol–water partition coefficient (Wildman–Crippen LogP) is 4.69. The first-order valence-corrected chi connectivity index (χ1v) is 9.42. The summed E-state index contributed by atoms with van der Waals surface area (Å²) < 4.78 is 14.7. The molecule has 0 saturated heterocycles. The van der Waals surface area contributed by atoms with Crippen LogP contribution in [0.15, 0.2) is 42.5 Å². The number of thiazole rings is 1. The van der Waals surface area contributed by atoms with Gasteiger partial charge in [0, 0.05) is 17.1 Å². The SMILES string of the molecule is CN(C)CCCN(C(=O)c1cccc(Cl)c1)c1nc2c(F)cccc2s1. The van der Waals surface area contributed by atoms with Crippen molar-refractivity contribution >= 4 is 44.2 Å². The lowest BCUT2D eigenvalue weighted by Gasteiger charge is -2.21. The van der Waals surface area contributed by atoms with Gasteiger partial charge in [0.15, 0.2) is 5.13 Å². The van der Waals surface area contributed by atoms with Crippen molar-refractivity contribution in [2.75, 3.05) is 32.1 Å². The summed E-state index contributed by atoms with van der Waals surface area (Å²) in [6.45, 7) is 1.32. The van der Waals surface area contributed by atoms with Crippen LogP contribution in [0.4, 0.5) is 9.52 Å². The van der Waals surface area contributed by atoms with E-state index in [-0.39, 0.29) is 11.7 Å². The average Bonchev–Trinajstić information content (AvgIpc) is 3.03. The van der Waals surface area contributed by atoms with E-state index >= 15 is 0 Å². The zero-order valence-corrected chi connectivity index (χ0v) is 16.1. The smallest absolute Gasteiger partial charge is 0.260 e. The molecule has 0 unspecified atom stereocenters. The van der Waals surface area contributed by atoms with E-state index in [0.717, 1.165) is 17.7 Å². The van der Waals surface area contributed by atoms with E-state index in [9.17, 15) is 9.18 Å². The van der Waals surface area contributed by atoms with Gasteiger partial charge >= 0.3 is 0 Å². The highest BCUT2D eigenvalue weighted by Crippen LogP contribution is 2.31. The summed E-state index contributed by atoms with van der Waals surface area (Å²) in [6, 6.07) is 11.7. The Bertz CT molecular complexity index is 928. The Labute approximate surface area is 160 Å². The molecular weight excluding hydrogens is 373 g/mol. The maximum absolute atomic E-state index is 14.0.